The van der Waals surface area contributed by atoms with E-state index in [9.17, 15) is 5.11 Å². The Morgan fingerprint density at radius 2 is 2.16 bits per heavy atom. The maximum absolute atomic E-state index is 10.8. The molecule has 3 rings (SSSR count). The number of hydrogen-bond donors (Lipinski definition) is 1. The summed E-state index contributed by atoms with van der Waals surface area (Å²) in [6, 6.07) is 0. The first kappa shape index (κ1) is 13.0. The minimum Gasteiger partial charge on any atom is -0.390 e. The Morgan fingerprint density at radius 1 is 1.37 bits per heavy atom. The standard InChI is InChI=1S/C15H23N3O/c1-2-15(19)5-3-4-13-9-18(10-14(13)15)8-12-6-16-11-17-7-12/h6-7,11,13-14,19H,2-5,8-10H2,1H3/t13-,14+,15-/m1/s1. The van der Waals surface area contributed by atoms with Gasteiger partial charge in [0, 0.05) is 43.5 Å². The van der Waals surface area contributed by atoms with Crippen LogP contribution in [0.2, 0.25) is 0 Å². The van der Waals surface area contributed by atoms with Crippen molar-refractivity contribution < 1.29 is 5.11 Å². The Morgan fingerprint density at radius 3 is 2.89 bits per heavy atom. The zero-order chi connectivity index (χ0) is 13.3. The van der Waals surface area contributed by atoms with Crippen LogP contribution in [0.5, 0.6) is 0 Å². The third kappa shape index (κ3) is 2.51. The molecule has 2 fully saturated rings. The largest absolute Gasteiger partial charge is 0.390 e. The van der Waals surface area contributed by atoms with Gasteiger partial charge in [-0.05, 0) is 25.2 Å². The number of likely N-dealkylation sites (tertiary alicyclic amines) is 1. The van der Waals surface area contributed by atoms with Gasteiger partial charge in [0.05, 0.1) is 5.60 Å². The molecule has 2 aliphatic rings. The van der Waals surface area contributed by atoms with E-state index in [1.165, 1.54) is 18.4 Å². The Balaban J connectivity index is 1.69. The van der Waals surface area contributed by atoms with Gasteiger partial charge < -0.3 is 5.11 Å². The van der Waals surface area contributed by atoms with Crippen LogP contribution in [0.3, 0.4) is 0 Å². The molecule has 1 saturated heterocycles. The van der Waals surface area contributed by atoms with Crippen LogP contribution < -0.4 is 0 Å². The molecule has 0 spiro atoms. The Hall–Kier alpha value is -1.00. The topological polar surface area (TPSA) is 49.2 Å². The van der Waals surface area contributed by atoms with Gasteiger partial charge in [0.2, 0.25) is 0 Å². The minimum atomic E-state index is -0.426. The second-order valence-electron chi connectivity index (χ2n) is 6.16. The number of aromatic nitrogens is 2. The van der Waals surface area contributed by atoms with E-state index in [1.807, 2.05) is 12.4 Å². The van der Waals surface area contributed by atoms with E-state index in [4.69, 9.17) is 0 Å². The highest BCUT2D eigenvalue weighted by Gasteiger charge is 2.47. The zero-order valence-corrected chi connectivity index (χ0v) is 11.6. The van der Waals surface area contributed by atoms with Gasteiger partial charge in [0.15, 0.2) is 0 Å². The fourth-order valence-corrected chi connectivity index (χ4v) is 3.96. The average Bonchev–Trinajstić information content (AvgIpc) is 2.84. The Labute approximate surface area is 114 Å². The number of rotatable bonds is 3. The Kier molecular flexibility index (Phi) is 3.54. The molecule has 1 aliphatic carbocycles. The summed E-state index contributed by atoms with van der Waals surface area (Å²) in [7, 11) is 0. The predicted molar refractivity (Wildman–Crippen MR) is 73.4 cm³/mol. The summed E-state index contributed by atoms with van der Waals surface area (Å²) < 4.78 is 0. The SMILES string of the molecule is CC[C@@]1(O)CCC[C@@H]2CN(Cc3cncnc3)C[C@@H]21. The van der Waals surface area contributed by atoms with Crippen LogP contribution in [0, 0.1) is 11.8 Å². The molecule has 4 heteroatoms. The Bertz CT molecular complexity index is 425. The highest BCUT2D eigenvalue weighted by atomic mass is 16.3. The fraction of sp³-hybridized carbons (Fsp3) is 0.733. The first-order chi connectivity index (χ1) is 9.21. The molecule has 0 radical (unpaired) electrons. The number of aliphatic hydroxyl groups is 1. The predicted octanol–water partition coefficient (Wildman–Crippen LogP) is 1.85. The van der Waals surface area contributed by atoms with Gasteiger partial charge in [-0.1, -0.05) is 13.3 Å². The molecule has 1 aliphatic heterocycles. The number of fused-ring (bicyclic) bond motifs is 1. The molecule has 3 atom stereocenters. The monoisotopic (exact) mass is 261 g/mol. The van der Waals surface area contributed by atoms with Crippen molar-refractivity contribution in [3.05, 3.63) is 24.3 Å². The van der Waals surface area contributed by atoms with Crippen molar-refractivity contribution in [1.82, 2.24) is 14.9 Å². The summed E-state index contributed by atoms with van der Waals surface area (Å²) in [4.78, 5) is 10.6. The lowest BCUT2D eigenvalue weighted by molar-refractivity contribution is -0.0613. The first-order valence-electron chi connectivity index (χ1n) is 7.40. The van der Waals surface area contributed by atoms with Crippen molar-refractivity contribution in [1.29, 1.82) is 0 Å². The van der Waals surface area contributed by atoms with Crippen molar-refractivity contribution in [3.63, 3.8) is 0 Å². The molecular formula is C15H23N3O. The number of nitrogens with zero attached hydrogens (tertiary/aromatic N) is 3. The van der Waals surface area contributed by atoms with Crippen LogP contribution in [0.15, 0.2) is 18.7 Å². The lowest BCUT2D eigenvalue weighted by atomic mass is 9.69. The molecule has 19 heavy (non-hydrogen) atoms. The summed E-state index contributed by atoms with van der Waals surface area (Å²) in [6.45, 7) is 5.16. The lowest BCUT2D eigenvalue weighted by Gasteiger charge is -2.40. The summed E-state index contributed by atoms with van der Waals surface area (Å²) >= 11 is 0. The summed E-state index contributed by atoms with van der Waals surface area (Å²) in [5, 5.41) is 10.8. The number of hydrogen-bond acceptors (Lipinski definition) is 4. The van der Waals surface area contributed by atoms with E-state index in [0.717, 1.165) is 32.5 Å². The molecule has 104 valence electrons. The smallest absolute Gasteiger partial charge is 0.115 e. The van der Waals surface area contributed by atoms with Crippen LogP contribution in [0.4, 0.5) is 0 Å². The van der Waals surface area contributed by atoms with Crippen molar-refractivity contribution >= 4 is 0 Å². The van der Waals surface area contributed by atoms with Gasteiger partial charge in [0.25, 0.3) is 0 Å². The van der Waals surface area contributed by atoms with Crippen LogP contribution in [-0.2, 0) is 6.54 Å². The molecule has 1 aromatic heterocycles. The van der Waals surface area contributed by atoms with Gasteiger partial charge in [-0.25, -0.2) is 9.97 Å². The summed E-state index contributed by atoms with van der Waals surface area (Å²) in [5.74, 6) is 1.12. The van der Waals surface area contributed by atoms with Crippen molar-refractivity contribution in [2.75, 3.05) is 13.1 Å². The maximum atomic E-state index is 10.8. The van der Waals surface area contributed by atoms with E-state index in [0.29, 0.717) is 11.8 Å². The van der Waals surface area contributed by atoms with E-state index < -0.39 is 5.60 Å². The molecule has 4 nitrogen and oxygen atoms in total. The third-order valence-electron chi connectivity index (χ3n) is 5.02. The maximum Gasteiger partial charge on any atom is 0.115 e. The van der Waals surface area contributed by atoms with E-state index in [-0.39, 0.29) is 0 Å². The van der Waals surface area contributed by atoms with Crippen molar-refractivity contribution in [3.8, 4) is 0 Å². The van der Waals surface area contributed by atoms with Crippen molar-refractivity contribution in [2.45, 2.75) is 44.8 Å². The lowest BCUT2D eigenvalue weighted by Crippen LogP contribution is -2.44. The second-order valence-corrected chi connectivity index (χ2v) is 6.16. The van der Waals surface area contributed by atoms with Gasteiger partial charge in [-0.15, -0.1) is 0 Å². The summed E-state index contributed by atoms with van der Waals surface area (Å²) in [5.41, 5.74) is 0.742. The molecule has 1 saturated carbocycles. The molecule has 2 heterocycles. The summed E-state index contributed by atoms with van der Waals surface area (Å²) in [6.07, 6.45) is 9.66. The normalized spacial score (nSPS) is 35.3. The van der Waals surface area contributed by atoms with Crippen LogP contribution in [0.25, 0.3) is 0 Å². The molecule has 0 amide bonds. The quantitative estimate of drug-likeness (QED) is 0.902. The minimum absolute atomic E-state index is 0.426. The van der Waals surface area contributed by atoms with Crippen LogP contribution in [0.1, 0.15) is 38.2 Å². The van der Waals surface area contributed by atoms with Gasteiger partial charge in [-0.2, -0.15) is 0 Å². The molecule has 0 unspecified atom stereocenters. The van der Waals surface area contributed by atoms with E-state index in [2.05, 4.69) is 21.8 Å². The highest BCUT2D eigenvalue weighted by molar-refractivity contribution is 5.05. The van der Waals surface area contributed by atoms with Gasteiger partial charge in [0.1, 0.15) is 6.33 Å². The van der Waals surface area contributed by atoms with Crippen LogP contribution in [-0.4, -0.2) is 38.7 Å². The highest BCUT2D eigenvalue weighted by Crippen LogP contribution is 2.44. The zero-order valence-electron chi connectivity index (χ0n) is 11.6. The molecule has 0 bridgehead atoms. The van der Waals surface area contributed by atoms with Crippen molar-refractivity contribution in [2.24, 2.45) is 11.8 Å². The molecule has 0 aromatic carbocycles. The average molecular weight is 261 g/mol. The van der Waals surface area contributed by atoms with Gasteiger partial charge >= 0.3 is 0 Å². The molecule has 1 N–H and O–H groups in total. The fourth-order valence-electron chi connectivity index (χ4n) is 3.96. The third-order valence-corrected chi connectivity index (χ3v) is 5.02. The van der Waals surface area contributed by atoms with E-state index in [1.54, 1.807) is 6.33 Å². The second kappa shape index (κ2) is 5.17. The van der Waals surface area contributed by atoms with Crippen LogP contribution >= 0.6 is 0 Å². The molecular weight excluding hydrogens is 238 g/mol. The van der Waals surface area contributed by atoms with Gasteiger partial charge in [-0.3, -0.25) is 4.90 Å². The molecule has 1 aromatic rings. The van der Waals surface area contributed by atoms with E-state index >= 15 is 0 Å². The first-order valence-corrected chi connectivity index (χ1v) is 7.40.